The smallest absolute Gasteiger partial charge is 0.412 e. The first kappa shape index (κ1) is 21.5. The van der Waals surface area contributed by atoms with Crippen LogP contribution in [0.15, 0.2) is 35.0 Å². The Labute approximate surface area is 166 Å². The summed E-state index contributed by atoms with van der Waals surface area (Å²) in [7, 11) is 1.48. The summed E-state index contributed by atoms with van der Waals surface area (Å²) in [6, 6.07) is 2.02. The number of nitriles is 1. The average molecular weight is 387 g/mol. The third-order valence-electron chi connectivity index (χ3n) is 4.55. The Morgan fingerprint density at radius 1 is 1.46 bits per heavy atom. The molecule has 1 unspecified atom stereocenters. The Balaban J connectivity index is 2.64. The van der Waals surface area contributed by atoms with Crippen LogP contribution in [0.25, 0.3) is 0 Å². The van der Waals surface area contributed by atoms with Crippen molar-refractivity contribution >= 4 is 11.9 Å². The zero-order valence-electron chi connectivity index (χ0n) is 17.3. The zero-order valence-corrected chi connectivity index (χ0v) is 17.3. The number of allylic oxidation sites excluding steroid dienone is 2. The molecule has 7 heteroatoms. The van der Waals surface area contributed by atoms with Gasteiger partial charge in [0.1, 0.15) is 5.92 Å². The maximum absolute atomic E-state index is 12.3. The molecular formula is C21H29N3O4. The van der Waals surface area contributed by atoms with Crippen LogP contribution in [0.5, 0.6) is 0 Å². The van der Waals surface area contributed by atoms with Gasteiger partial charge in [0.25, 0.3) is 0 Å². The van der Waals surface area contributed by atoms with Crippen LogP contribution in [-0.4, -0.2) is 47.0 Å². The fourth-order valence-electron chi connectivity index (χ4n) is 3.23. The molecule has 0 spiro atoms. The number of ketones is 1. The summed E-state index contributed by atoms with van der Waals surface area (Å²) >= 11 is 0. The number of hydrogen-bond donors (Lipinski definition) is 1. The zero-order chi connectivity index (χ0) is 21.1. The summed E-state index contributed by atoms with van der Waals surface area (Å²) in [5.74, 6) is -0.161. The Morgan fingerprint density at radius 2 is 2.14 bits per heavy atom. The van der Waals surface area contributed by atoms with Gasteiger partial charge in [-0.25, -0.2) is 4.79 Å². The molecule has 0 saturated carbocycles. The van der Waals surface area contributed by atoms with E-state index in [9.17, 15) is 20.0 Å². The molecular weight excluding hydrogens is 358 g/mol. The van der Waals surface area contributed by atoms with Crippen LogP contribution in [0.2, 0.25) is 0 Å². The van der Waals surface area contributed by atoms with Crippen LogP contribution in [-0.2, 0) is 9.53 Å². The topological polar surface area (TPSA) is 93.9 Å². The summed E-state index contributed by atoms with van der Waals surface area (Å²) < 4.78 is 6.05. The van der Waals surface area contributed by atoms with E-state index in [2.05, 4.69) is 20.8 Å². The lowest BCUT2D eigenvalue weighted by Gasteiger charge is -2.39. The van der Waals surface area contributed by atoms with Crippen LogP contribution in [0.4, 0.5) is 4.79 Å². The fourth-order valence-corrected chi connectivity index (χ4v) is 3.23. The lowest BCUT2D eigenvalue weighted by molar-refractivity contribution is -0.119. The van der Waals surface area contributed by atoms with Gasteiger partial charge in [-0.15, -0.1) is 0 Å². The van der Waals surface area contributed by atoms with E-state index < -0.39 is 12.0 Å². The summed E-state index contributed by atoms with van der Waals surface area (Å²) in [5.41, 5.74) is 1.29. The molecule has 1 aliphatic heterocycles. The van der Waals surface area contributed by atoms with E-state index in [1.54, 1.807) is 6.08 Å². The van der Waals surface area contributed by atoms with Gasteiger partial charge in [-0.2, -0.15) is 5.26 Å². The van der Waals surface area contributed by atoms with Crippen molar-refractivity contribution in [1.29, 1.82) is 5.26 Å². The third-order valence-corrected chi connectivity index (χ3v) is 4.55. The van der Waals surface area contributed by atoms with E-state index in [0.717, 1.165) is 23.3 Å². The molecule has 2 rings (SSSR count). The third kappa shape index (κ3) is 4.75. The quantitative estimate of drug-likeness (QED) is 0.696. The maximum atomic E-state index is 12.3. The molecule has 0 aromatic carbocycles. The van der Waals surface area contributed by atoms with Gasteiger partial charge in [-0.05, 0) is 23.5 Å². The lowest BCUT2D eigenvalue weighted by Crippen LogP contribution is -2.41. The monoisotopic (exact) mass is 387 g/mol. The number of ether oxygens (including phenoxy) is 1. The van der Waals surface area contributed by atoms with Crippen molar-refractivity contribution in [3.05, 3.63) is 35.0 Å². The molecule has 0 aromatic rings. The summed E-state index contributed by atoms with van der Waals surface area (Å²) in [5, 5.41) is 19.0. The van der Waals surface area contributed by atoms with Gasteiger partial charge in [0.15, 0.2) is 17.4 Å². The molecule has 7 nitrogen and oxygen atoms in total. The predicted octanol–water partition coefficient (Wildman–Crippen LogP) is 3.87. The van der Waals surface area contributed by atoms with Gasteiger partial charge in [0.2, 0.25) is 0 Å². The normalized spacial score (nSPS) is 19.5. The number of fused-ring (bicyclic) bond motifs is 1. The Morgan fingerprint density at radius 3 is 2.68 bits per heavy atom. The first-order valence-corrected chi connectivity index (χ1v) is 9.55. The van der Waals surface area contributed by atoms with Gasteiger partial charge in [-0.3, -0.25) is 9.69 Å². The minimum absolute atomic E-state index is 0.120. The largest absolute Gasteiger partial charge is 0.489 e. The van der Waals surface area contributed by atoms with E-state index >= 15 is 0 Å². The predicted molar refractivity (Wildman–Crippen MR) is 105 cm³/mol. The molecule has 1 amide bonds. The number of nitrogens with zero attached hydrogens (tertiary/aromatic N) is 3. The second-order valence-corrected chi connectivity index (χ2v) is 8.37. The minimum atomic E-state index is -1.10. The maximum Gasteiger partial charge on any atom is 0.412 e. The van der Waals surface area contributed by atoms with E-state index in [-0.39, 0.29) is 17.6 Å². The van der Waals surface area contributed by atoms with Crippen LogP contribution in [0, 0.1) is 22.7 Å². The molecule has 0 fully saturated rings. The number of carbonyl (C=O) groups is 2. The highest BCUT2D eigenvalue weighted by molar-refractivity contribution is 5.91. The van der Waals surface area contributed by atoms with Crippen LogP contribution >= 0.6 is 0 Å². The van der Waals surface area contributed by atoms with Crippen molar-refractivity contribution < 1.29 is 19.4 Å². The Hall–Kier alpha value is -2.75. The van der Waals surface area contributed by atoms with E-state index in [4.69, 9.17) is 4.74 Å². The lowest BCUT2D eigenvalue weighted by atomic mass is 9.84. The number of rotatable bonds is 6. The van der Waals surface area contributed by atoms with E-state index in [1.165, 1.54) is 7.05 Å². The number of carbonyl (C=O) groups excluding carboxylic acids is 1. The van der Waals surface area contributed by atoms with Gasteiger partial charge in [-0.1, -0.05) is 34.1 Å². The van der Waals surface area contributed by atoms with Crippen LogP contribution in [0.3, 0.4) is 0 Å². The van der Waals surface area contributed by atoms with Gasteiger partial charge in [0.05, 0.1) is 12.7 Å². The van der Waals surface area contributed by atoms with Gasteiger partial charge in [0, 0.05) is 31.8 Å². The molecule has 1 heterocycles. The average Bonchev–Trinajstić information content (AvgIpc) is 2.59. The van der Waals surface area contributed by atoms with Crippen molar-refractivity contribution in [2.24, 2.45) is 11.3 Å². The number of carboxylic acid groups (broad SMARTS) is 1. The first-order chi connectivity index (χ1) is 13.1. The second-order valence-electron chi connectivity index (χ2n) is 8.37. The van der Waals surface area contributed by atoms with E-state index in [1.807, 2.05) is 24.1 Å². The molecule has 1 atom stereocenters. The van der Waals surface area contributed by atoms with Crippen molar-refractivity contribution in [2.45, 2.75) is 47.0 Å². The molecule has 28 heavy (non-hydrogen) atoms. The summed E-state index contributed by atoms with van der Waals surface area (Å²) in [4.78, 5) is 27.0. The molecule has 2 aliphatic rings. The molecule has 1 aliphatic carbocycles. The number of hydrogen-bond acceptors (Lipinski definition) is 5. The van der Waals surface area contributed by atoms with Crippen molar-refractivity contribution in [3.63, 3.8) is 0 Å². The van der Waals surface area contributed by atoms with Crippen molar-refractivity contribution in [3.8, 4) is 6.07 Å². The minimum Gasteiger partial charge on any atom is -0.489 e. The number of unbranched alkanes of at least 4 members (excludes halogenated alkanes) is 1. The van der Waals surface area contributed by atoms with Crippen molar-refractivity contribution in [2.75, 3.05) is 20.2 Å². The van der Waals surface area contributed by atoms with Crippen molar-refractivity contribution in [1.82, 2.24) is 9.80 Å². The fraction of sp³-hybridized carbons (Fsp3) is 0.571. The molecule has 0 bridgehead atoms. The first-order valence-electron chi connectivity index (χ1n) is 9.55. The number of Topliss-reactive ketones (excluding diaryl/α,β-unsaturated/α-hetero) is 1. The Bertz CT molecular complexity index is 780. The second kappa shape index (κ2) is 8.51. The molecule has 0 radical (unpaired) electrons. The van der Waals surface area contributed by atoms with Crippen LogP contribution < -0.4 is 0 Å². The molecule has 152 valence electrons. The molecule has 0 saturated heterocycles. The highest BCUT2D eigenvalue weighted by Gasteiger charge is 2.37. The number of amides is 1. The van der Waals surface area contributed by atoms with Crippen LogP contribution in [0.1, 0.15) is 47.0 Å². The molecule has 1 N–H and O–H groups in total. The molecule has 0 aromatic heterocycles. The summed E-state index contributed by atoms with van der Waals surface area (Å²) in [6.45, 7) is 9.21. The van der Waals surface area contributed by atoms with Gasteiger partial charge < -0.3 is 14.7 Å². The summed E-state index contributed by atoms with van der Waals surface area (Å²) in [6.07, 6.45) is 4.21. The standard InChI is InChI=1S/C21H29N3O4/c1-6-7-8-28-18-16-9-14(11-22)17(25)10-15(16)12-24(13-21(2,3)4)19(18)23(5)20(26)27/h9,12,14H,6-8,10,13H2,1-5H3,(H,26,27). The highest BCUT2D eigenvalue weighted by atomic mass is 16.5. The highest BCUT2D eigenvalue weighted by Crippen LogP contribution is 2.39. The Kier molecular flexibility index (Phi) is 6.55. The van der Waals surface area contributed by atoms with Gasteiger partial charge >= 0.3 is 6.09 Å². The SMILES string of the molecule is CCCCOC1=C(N(C)C(=O)O)N(CC(C)(C)C)C=C2CC(=O)C(C#N)C=C21. The van der Waals surface area contributed by atoms with E-state index in [0.29, 0.717) is 30.3 Å².